The van der Waals surface area contributed by atoms with Crippen LogP contribution in [0.15, 0.2) is 24.3 Å². The number of halogens is 1. The van der Waals surface area contributed by atoms with E-state index in [0.29, 0.717) is 36.4 Å². The third kappa shape index (κ3) is 8.16. The van der Waals surface area contributed by atoms with Crippen molar-refractivity contribution in [3.05, 3.63) is 29.8 Å². The minimum absolute atomic E-state index is 0. The molecule has 1 fully saturated rings. The lowest BCUT2D eigenvalue weighted by Crippen LogP contribution is -2.34. The van der Waals surface area contributed by atoms with E-state index in [1.807, 2.05) is 24.3 Å². The summed E-state index contributed by atoms with van der Waals surface area (Å²) in [4.78, 5) is 12.3. The number of hydrogen-bond acceptors (Lipinski definition) is 4. The summed E-state index contributed by atoms with van der Waals surface area (Å²) >= 11 is 0. The zero-order valence-corrected chi connectivity index (χ0v) is 17.3. The van der Waals surface area contributed by atoms with Gasteiger partial charge in [0.15, 0.2) is 0 Å². The molecule has 0 spiro atoms. The molecule has 5 nitrogen and oxygen atoms in total. The molecule has 148 valence electrons. The van der Waals surface area contributed by atoms with Crippen molar-refractivity contribution in [1.29, 1.82) is 0 Å². The highest BCUT2D eigenvalue weighted by Gasteiger charge is 2.22. The summed E-state index contributed by atoms with van der Waals surface area (Å²) in [5.74, 6) is 2.01. The molecule has 1 aliphatic heterocycles. The lowest BCUT2D eigenvalue weighted by Gasteiger charge is -2.28. The van der Waals surface area contributed by atoms with Crippen LogP contribution in [0.3, 0.4) is 0 Å². The molecular formula is C19H31ClN2O3S. The topological polar surface area (TPSA) is 67.4 Å². The van der Waals surface area contributed by atoms with Crippen LogP contribution < -0.4 is 10.6 Å². The van der Waals surface area contributed by atoms with Crippen LogP contribution in [-0.4, -0.2) is 42.7 Å². The summed E-state index contributed by atoms with van der Waals surface area (Å²) in [6.45, 7) is 4.76. The zero-order chi connectivity index (χ0) is 18.1. The van der Waals surface area contributed by atoms with Crippen molar-refractivity contribution in [3.8, 4) is 0 Å². The molecular weight excluding hydrogens is 372 g/mol. The maximum Gasteiger partial charge on any atom is 0.224 e. The molecule has 0 aromatic heterocycles. The number of hydrogen-bond donors (Lipinski definition) is 2. The third-order valence-electron chi connectivity index (χ3n) is 4.70. The highest BCUT2D eigenvalue weighted by molar-refractivity contribution is 7.84. The highest BCUT2D eigenvalue weighted by atomic mass is 35.5. The third-order valence-corrected chi connectivity index (χ3v) is 5.98. The Morgan fingerprint density at radius 2 is 2.27 bits per heavy atom. The van der Waals surface area contributed by atoms with Crippen molar-refractivity contribution in [2.24, 2.45) is 11.8 Å². The van der Waals surface area contributed by atoms with Crippen molar-refractivity contribution in [2.75, 3.05) is 37.9 Å². The molecule has 7 heteroatoms. The van der Waals surface area contributed by atoms with E-state index in [4.69, 9.17) is 4.74 Å². The number of nitrogens with one attached hydrogen (secondary N) is 2. The predicted octanol–water partition coefficient (Wildman–Crippen LogP) is 2.97. The van der Waals surface area contributed by atoms with Crippen LogP contribution in [0.2, 0.25) is 0 Å². The van der Waals surface area contributed by atoms with Gasteiger partial charge < -0.3 is 15.4 Å². The SMILES string of the molecule is COCCS(=O)Cc1cccc(NC(=O)CC(C)C2CCCNC2)c1.Cl. The number of ether oxygens (including phenoxy) is 1. The van der Waals surface area contributed by atoms with Crippen LogP contribution >= 0.6 is 12.4 Å². The first-order valence-corrected chi connectivity index (χ1v) is 10.5. The summed E-state index contributed by atoms with van der Waals surface area (Å²) in [6.07, 6.45) is 2.93. The lowest BCUT2D eigenvalue weighted by molar-refractivity contribution is -0.117. The lowest BCUT2D eigenvalue weighted by atomic mass is 9.85. The normalized spacial score (nSPS) is 19.2. The number of carbonyl (C=O) groups excluding carboxylic acids is 1. The molecule has 0 aliphatic carbocycles. The minimum atomic E-state index is -0.949. The van der Waals surface area contributed by atoms with Crippen molar-refractivity contribution < 1.29 is 13.7 Å². The number of rotatable bonds is 9. The Morgan fingerprint density at radius 1 is 1.46 bits per heavy atom. The van der Waals surface area contributed by atoms with Gasteiger partial charge >= 0.3 is 0 Å². The summed E-state index contributed by atoms with van der Waals surface area (Å²) in [5, 5.41) is 6.40. The monoisotopic (exact) mass is 402 g/mol. The van der Waals surface area contributed by atoms with Gasteiger partial charge in [0.2, 0.25) is 5.91 Å². The number of anilines is 1. The Morgan fingerprint density at radius 3 is 2.96 bits per heavy atom. The molecule has 2 N–H and O–H groups in total. The second-order valence-corrected chi connectivity index (χ2v) is 8.39. The largest absolute Gasteiger partial charge is 0.384 e. The van der Waals surface area contributed by atoms with Crippen LogP contribution in [0.5, 0.6) is 0 Å². The molecule has 2 rings (SSSR count). The smallest absolute Gasteiger partial charge is 0.224 e. The van der Waals surface area contributed by atoms with Crippen molar-refractivity contribution >= 4 is 34.8 Å². The molecule has 1 aliphatic rings. The molecule has 1 aromatic carbocycles. The number of amides is 1. The van der Waals surface area contributed by atoms with E-state index < -0.39 is 10.8 Å². The van der Waals surface area contributed by atoms with E-state index in [2.05, 4.69) is 17.6 Å². The molecule has 1 heterocycles. The first-order chi connectivity index (χ1) is 12.1. The van der Waals surface area contributed by atoms with E-state index in [1.165, 1.54) is 12.8 Å². The molecule has 1 aromatic rings. The van der Waals surface area contributed by atoms with Gasteiger partial charge in [-0.15, -0.1) is 12.4 Å². The van der Waals surface area contributed by atoms with Crippen LogP contribution in [0.25, 0.3) is 0 Å². The fraction of sp³-hybridized carbons (Fsp3) is 0.632. The van der Waals surface area contributed by atoms with Gasteiger partial charge in [-0.1, -0.05) is 19.1 Å². The van der Waals surface area contributed by atoms with Crippen LogP contribution in [0.1, 0.15) is 31.7 Å². The quantitative estimate of drug-likeness (QED) is 0.666. The van der Waals surface area contributed by atoms with Crippen LogP contribution in [0, 0.1) is 11.8 Å². The Hall–Kier alpha value is -0.950. The number of piperidine rings is 1. The average Bonchev–Trinajstić information content (AvgIpc) is 2.61. The summed E-state index contributed by atoms with van der Waals surface area (Å²) in [6, 6.07) is 7.63. The maximum atomic E-state index is 12.3. The van der Waals surface area contributed by atoms with E-state index in [9.17, 15) is 9.00 Å². The molecule has 26 heavy (non-hydrogen) atoms. The maximum absolute atomic E-state index is 12.3. The van der Waals surface area contributed by atoms with Gasteiger partial charge in [0.25, 0.3) is 0 Å². The van der Waals surface area contributed by atoms with Gasteiger partial charge in [0.1, 0.15) is 0 Å². The number of carbonyl (C=O) groups is 1. The van der Waals surface area contributed by atoms with Crippen molar-refractivity contribution in [3.63, 3.8) is 0 Å². The van der Waals surface area contributed by atoms with Gasteiger partial charge in [-0.05, 0) is 55.5 Å². The van der Waals surface area contributed by atoms with Crippen LogP contribution in [0.4, 0.5) is 5.69 Å². The molecule has 3 unspecified atom stereocenters. The fourth-order valence-corrected chi connectivity index (χ4v) is 4.26. The first kappa shape index (κ1) is 23.1. The molecule has 0 bridgehead atoms. The minimum Gasteiger partial charge on any atom is -0.384 e. The van der Waals surface area contributed by atoms with Crippen molar-refractivity contribution in [1.82, 2.24) is 5.32 Å². The van der Waals surface area contributed by atoms with Crippen molar-refractivity contribution in [2.45, 2.75) is 31.9 Å². The van der Waals surface area contributed by atoms with Gasteiger partial charge in [0.05, 0.1) is 6.61 Å². The Balaban J connectivity index is 0.00000338. The summed E-state index contributed by atoms with van der Waals surface area (Å²) in [5.41, 5.74) is 1.75. The second kappa shape index (κ2) is 12.4. The molecule has 1 amide bonds. The fourth-order valence-electron chi connectivity index (χ4n) is 3.21. The second-order valence-electron chi connectivity index (χ2n) is 6.82. The highest BCUT2D eigenvalue weighted by Crippen LogP contribution is 2.23. The van der Waals surface area contributed by atoms with E-state index >= 15 is 0 Å². The molecule has 1 saturated heterocycles. The van der Waals surface area contributed by atoms with Gasteiger partial charge in [-0.3, -0.25) is 9.00 Å². The molecule has 0 radical (unpaired) electrons. The number of methoxy groups -OCH3 is 1. The van der Waals surface area contributed by atoms with E-state index in [-0.39, 0.29) is 18.3 Å². The standard InChI is InChI=1S/C19H30N2O3S.ClH/c1-15(17-6-4-8-20-13-17)11-19(22)21-18-7-3-5-16(12-18)14-25(23)10-9-24-2;/h3,5,7,12,15,17,20H,4,6,8-11,13-14H2,1-2H3,(H,21,22);1H. The number of benzene rings is 1. The first-order valence-electron chi connectivity index (χ1n) is 9.02. The molecule has 0 saturated carbocycles. The van der Waals surface area contributed by atoms with Gasteiger partial charge in [0, 0.05) is 41.5 Å². The Labute approximate surface area is 165 Å². The Kier molecular flexibility index (Phi) is 11.0. The zero-order valence-electron chi connectivity index (χ0n) is 15.7. The van der Waals surface area contributed by atoms with E-state index in [0.717, 1.165) is 24.3 Å². The average molecular weight is 403 g/mol. The predicted molar refractivity (Wildman–Crippen MR) is 110 cm³/mol. The Bertz CT molecular complexity index is 580. The summed E-state index contributed by atoms with van der Waals surface area (Å²) < 4.78 is 16.9. The van der Waals surface area contributed by atoms with E-state index in [1.54, 1.807) is 7.11 Å². The van der Waals surface area contributed by atoms with Crippen LogP contribution in [-0.2, 0) is 26.1 Å². The molecule has 3 atom stereocenters. The van der Waals surface area contributed by atoms with Gasteiger partial charge in [-0.25, -0.2) is 0 Å². The summed E-state index contributed by atoms with van der Waals surface area (Å²) in [7, 11) is 0.660. The van der Waals surface area contributed by atoms with Gasteiger partial charge in [-0.2, -0.15) is 0 Å².